The Labute approximate surface area is 100 Å². The number of nitrogens with one attached hydrogen (secondary N) is 1. The molecule has 2 unspecified atom stereocenters. The van der Waals surface area contributed by atoms with Crippen LogP contribution in [0.1, 0.15) is 12.5 Å². The van der Waals surface area contributed by atoms with E-state index in [1.807, 2.05) is 37.3 Å². The number of hydrogen-bond donors (Lipinski definition) is 1. The molecule has 0 bridgehead atoms. The zero-order valence-corrected chi connectivity index (χ0v) is 10.7. The third kappa shape index (κ3) is 4.29. The minimum atomic E-state index is -0.762. The summed E-state index contributed by atoms with van der Waals surface area (Å²) in [5.74, 6) is 0. The lowest BCUT2D eigenvalue weighted by atomic mass is 10.1. The lowest BCUT2D eigenvalue weighted by Crippen LogP contribution is -2.28. The highest BCUT2D eigenvalue weighted by Gasteiger charge is 2.05. The summed E-state index contributed by atoms with van der Waals surface area (Å²) >= 11 is 0. The molecule has 0 radical (unpaired) electrons. The first kappa shape index (κ1) is 13.1. The fourth-order valence-electron chi connectivity index (χ4n) is 1.32. The van der Waals surface area contributed by atoms with E-state index < -0.39 is 10.8 Å². The average molecular weight is 237 g/mol. The fourth-order valence-corrected chi connectivity index (χ4v) is 1.67. The Balaban J connectivity index is 2.34. The molecule has 0 saturated carbocycles. The van der Waals surface area contributed by atoms with Crippen molar-refractivity contribution in [2.24, 2.45) is 0 Å². The number of benzene rings is 1. The molecule has 0 aliphatic heterocycles. The zero-order chi connectivity index (χ0) is 12.0. The Morgan fingerprint density at radius 2 is 2.06 bits per heavy atom. The zero-order valence-electron chi connectivity index (χ0n) is 9.90. The topological polar surface area (TPSA) is 29.1 Å². The van der Waals surface area contributed by atoms with Crippen LogP contribution in [0.2, 0.25) is 0 Å². The Bertz CT molecular complexity index is 361. The summed E-state index contributed by atoms with van der Waals surface area (Å²) in [6.07, 6.45) is 1.73. The molecule has 0 fully saturated rings. The standard InChI is InChI=1S/C13H19NOS/c1-11(13-7-5-4-6-8-13)9-14-10-12(2)16(3)15/h4-8,12,14H,1,9-10H2,2-3H3. The van der Waals surface area contributed by atoms with Crippen LogP contribution in [0.15, 0.2) is 36.9 Å². The lowest BCUT2D eigenvalue weighted by molar-refractivity contribution is 0.664. The predicted octanol–water partition coefficient (Wildman–Crippen LogP) is 2.06. The smallest absolute Gasteiger partial charge is 0.0441 e. The van der Waals surface area contributed by atoms with Crippen molar-refractivity contribution < 1.29 is 4.21 Å². The first-order valence-electron chi connectivity index (χ1n) is 5.37. The van der Waals surface area contributed by atoms with E-state index >= 15 is 0 Å². The van der Waals surface area contributed by atoms with Gasteiger partial charge in [-0.15, -0.1) is 0 Å². The van der Waals surface area contributed by atoms with Crippen LogP contribution in [-0.2, 0) is 10.8 Å². The van der Waals surface area contributed by atoms with Gasteiger partial charge in [0.1, 0.15) is 0 Å². The van der Waals surface area contributed by atoms with Crippen LogP contribution in [0.25, 0.3) is 5.57 Å². The lowest BCUT2D eigenvalue weighted by Gasteiger charge is -2.11. The normalized spacial score (nSPS) is 14.4. The molecule has 16 heavy (non-hydrogen) atoms. The summed E-state index contributed by atoms with van der Waals surface area (Å²) in [6, 6.07) is 10.1. The van der Waals surface area contributed by atoms with Crippen LogP contribution in [0.3, 0.4) is 0 Å². The average Bonchev–Trinajstić information content (AvgIpc) is 2.29. The van der Waals surface area contributed by atoms with Gasteiger partial charge in [0.05, 0.1) is 0 Å². The maximum atomic E-state index is 11.1. The van der Waals surface area contributed by atoms with Crippen LogP contribution in [0, 0.1) is 0 Å². The summed E-state index contributed by atoms with van der Waals surface area (Å²) in [5.41, 5.74) is 2.22. The quantitative estimate of drug-likeness (QED) is 0.820. The summed E-state index contributed by atoms with van der Waals surface area (Å²) in [7, 11) is -0.762. The minimum Gasteiger partial charge on any atom is -0.311 e. The molecule has 1 aromatic carbocycles. The van der Waals surface area contributed by atoms with Crippen LogP contribution in [-0.4, -0.2) is 28.8 Å². The molecule has 0 heterocycles. The molecule has 1 aromatic rings. The Kier molecular flexibility index (Phi) is 5.43. The second kappa shape index (κ2) is 6.61. The van der Waals surface area contributed by atoms with Gasteiger partial charge in [0.2, 0.25) is 0 Å². The highest BCUT2D eigenvalue weighted by Crippen LogP contribution is 2.09. The maximum absolute atomic E-state index is 11.1. The molecule has 0 aliphatic carbocycles. The Morgan fingerprint density at radius 3 is 2.62 bits per heavy atom. The van der Waals surface area contributed by atoms with E-state index in [0.717, 1.165) is 24.2 Å². The Morgan fingerprint density at radius 1 is 1.44 bits per heavy atom. The van der Waals surface area contributed by atoms with Crippen molar-refractivity contribution in [3.05, 3.63) is 42.5 Å². The highest BCUT2D eigenvalue weighted by molar-refractivity contribution is 7.84. The number of rotatable bonds is 6. The number of hydrogen-bond acceptors (Lipinski definition) is 2. The van der Waals surface area contributed by atoms with E-state index in [9.17, 15) is 4.21 Å². The molecular weight excluding hydrogens is 218 g/mol. The summed E-state index contributed by atoms with van der Waals surface area (Å²) in [5, 5.41) is 3.46. The first-order chi connectivity index (χ1) is 7.61. The van der Waals surface area contributed by atoms with Gasteiger partial charge in [-0.2, -0.15) is 0 Å². The largest absolute Gasteiger partial charge is 0.311 e. The molecule has 2 atom stereocenters. The van der Waals surface area contributed by atoms with Crippen molar-refractivity contribution in [1.82, 2.24) is 5.32 Å². The van der Waals surface area contributed by atoms with Gasteiger partial charge in [-0.1, -0.05) is 36.9 Å². The van der Waals surface area contributed by atoms with Gasteiger partial charge in [-0.05, 0) is 18.1 Å². The maximum Gasteiger partial charge on any atom is 0.0441 e. The third-order valence-corrected chi connectivity index (χ3v) is 3.82. The molecule has 88 valence electrons. The third-order valence-electron chi connectivity index (χ3n) is 2.52. The molecule has 0 spiro atoms. The van der Waals surface area contributed by atoms with Crippen molar-refractivity contribution in [1.29, 1.82) is 0 Å². The van der Waals surface area contributed by atoms with Gasteiger partial charge in [0.25, 0.3) is 0 Å². The fraction of sp³-hybridized carbons (Fsp3) is 0.385. The van der Waals surface area contributed by atoms with E-state index in [1.165, 1.54) is 0 Å². The molecule has 1 rings (SSSR count). The molecule has 1 N–H and O–H groups in total. The second-order valence-electron chi connectivity index (χ2n) is 3.91. The predicted molar refractivity (Wildman–Crippen MR) is 71.9 cm³/mol. The molecular formula is C13H19NOS. The van der Waals surface area contributed by atoms with Gasteiger partial charge in [0, 0.05) is 35.4 Å². The van der Waals surface area contributed by atoms with Crippen LogP contribution in [0.5, 0.6) is 0 Å². The summed E-state index contributed by atoms with van der Waals surface area (Å²) in [6.45, 7) is 7.51. The summed E-state index contributed by atoms with van der Waals surface area (Å²) < 4.78 is 11.1. The van der Waals surface area contributed by atoms with Crippen LogP contribution >= 0.6 is 0 Å². The molecule has 2 nitrogen and oxygen atoms in total. The molecule has 3 heteroatoms. The van der Waals surface area contributed by atoms with Crippen molar-refractivity contribution in [2.75, 3.05) is 19.3 Å². The van der Waals surface area contributed by atoms with Gasteiger partial charge >= 0.3 is 0 Å². The minimum absolute atomic E-state index is 0.184. The van der Waals surface area contributed by atoms with Crippen molar-refractivity contribution in [3.63, 3.8) is 0 Å². The molecule has 0 aromatic heterocycles. The molecule has 0 saturated heterocycles. The molecule has 0 aliphatic rings. The first-order valence-corrected chi connectivity index (χ1v) is 6.99. The van der Waals surface area contributed by atoms with E-state index in [0.29, 0.717) is 0 Å². The van der Waals surface area contributed by atoms with E-state index in [-0.39, 0.29) is 5.25 Å². The van der Waals surface area contributed by atoms with Crippen molar-refractivity contribution in [2.45, 2.75) is 12.2 Å². The van der Waals surface area contributed by atoms with Crippen molar-refractivity contribution in [3.8, 4) is 0 Å². The van der Waals surface area contributed by atoms with Gasteiger partial charge in [-0.3, -0.25) is 4.21 Å². The van der Waals surface area contributed by atoms with E-state index in [2.05, 4.69) is 11.9 Å². The second-order valence-corrected chi connectivity index (χ2v) is 5.71. The van der Waals surface area contributed by atoms with Gasteiger partial charge in [0.15, 0.2) is 0 Å². The summed E-state index contributed by atoms with van der Waals surface area (Å²) in [4.78, 5) is 0. The van der Waals surface area contributed by atoms with E-state index in [4.69, 9.17) is 0 Å². The monoisotopic (exact) mass is 237 g/mol. The van der Waals surface area contributed by atoms with Crippen LogP contribution < -0.4 is 5.32 Å². The van der Waals surface area contributed by atoms with Crippen molar-refractivity contribution >= 4 is 16.4 Å². The highest BCUT2D eigenvalue weighted by atomic mass is 32.2. The van der Waals surface area contributed by atoms with E-state index in [1.54, 1.807) is 6.26 Å². The Hall–Kier alpha value is -0.930. The van der Waals surface area contributed by atoms with Gasteiger partial charge in [-0.25, -0.2) is 0 Å². The SMILES string of the molecule is C=C(CNCC(C)S(C)=O)c1ccccc1. The van der Waals surface area contributed by atoms with Crippen LogP contribution in [0.4, 0.5) is 0 Å². The molecule has 0 amide bonds. The van der Waals surface area contributed by atoms with Gasteiger partial charge < -0.3 is 5.32 Å².